The van der Waals surface area contributed by atoms with Crippen molar-refractivity contribution in [3.8, 4) is 11.6 Å². The number of rotatable bonds is 7. The molecule has 2 N–H and O–H groups in total. The van der Waals surface area contributed by atoms with Crippen LogP contribution in [0.1, 0.15) is 33.4 Å². The summed E-state index contributed by atoms with van der Waals surface area (Å²) in [5.74, 6) is 1.06. The second kappa shape index (κ2) is 9.43. The van der Waals surface area contributed by atoms with Crippen molar-refractivity contribution in [2.75, 3.05) is 25.5 Å². The molecule has 0 spiro atoms. The highest BCUT2D eigenvalue weighted by Gasteiger charge is 2.31. The lowest BCUT2D eigenvalue weighted by atomic mass is 9.96. The largest absolute Gasteiger partial charge is 0.481 e. The van der Waals surface area contributed by atoms with Crippen molar-refractivity contribution in [1.82, 2.24) is 39.8 Å². The molecule has 0 saturated carbocycles. The Bertz CT molecular complexity index is 1570. The molecule has 11 nitrogen and oxygen atoms in total. The Morgan fingerprint density at radius 1 is 1.19 bits per heavy atom. The summed E-state index contributed by atoms with van der Waals surface area (Å²) in [6, 6.07) is 15.7. The van der Waals surface area contributed by atoms with E-state index in [1.807, 2.05) is 55.5 Å². The molecule has 37 heavy (non-hydrogen) atoms. The summed E-state index contributed by atoms with van der Waals surface area (Å²) in [5, 5.41) is 14.8. The van der Waals surface area contributed by atoms with Gasteiger partial charge in [-0.25, -0.2) is 19.6 Å². The highest BCUT2D eigenvalue weighted by Crippen LogP contribution is 2.31. The van der Waals surface area contributed by atoms with Crippen molar-refractivity contribution in [3.05, 3.63) is 83.7 Å². The Kier molecular flexibility index (Phi) is 5.81. The van der Waals surface area contributed by atoms with Crippen molar-refractivity contribution >= 4 is 22.8 Å². The fraction of sp³-hybridized carbons (Fsp3) is 0.231. The van der Waals surface area contributed by atoms with Gasteiger partial charge in [0.1, 0.15) is 23.2 Å². The minimum Gasteiger partial charge on any atom is -0.481 e. The molecule has 0 bridgehead atoms. The molecule has 0 aliphatic carbocycles. The Morgan fingerprint density at radius 2 is 2.03 bits per heavy atom. The number of fused-ring (bicyclic) bond motifs is 1. The number of methoxy groups -OCH3 is 1. The molecule has 5 aromatic rings. The number of amides is 1. The molecule has 4 aromatic heterocycles. The van der Waals surface area contributed by atoms with E-state index in [4.69, 9.17) is 9.84 Å². The number of hydrogen-bond donors (Lipinski definition) is 2. The molecule has 1 aliphatic heterocycles. The zero-order valence-electron chi connectivity index (χ0n) is 20.4. The summed E-state index contributed by atoms with van der Waals surface area (Å²) >= 11 is 0. The average molecular weight is 496 g/mol. The van der Waals surface area contributed by atoms with E-state index >= 15 is 0 Å². The SMILES string of the molecule is COc1cccc(CN2CC(c3cc(NC(=O)c4n[nH]c5cncnc45)n(-c4ccc(C)cc4)n3)C2)n1. The van der Waals surface area contributed by atoms with E-state index in [1.165, 1.54) is 6.33 Å². The lowest BCUT2D eigenvalue weighted by Crippen LogP contribution is -2.44. The van der Waals surface area contributed by atoms with Gasteiger partial charge in [-0.15, -0.1) is 0 Å². The molecule has 0 unspecified atom stereocenters. The average Bonchev–Trinajstić information content (AvgIpc) is 3.51. The van der Waals surface area contributed by atoms with Crippen molar-refractivity contribution in [2.24, 2.45) is 0 Å². The molecular weight excluding hydrogens is 470 g/mol. The molecule has 1 amide bonds. The number of H-pyrrole nitrogens is 1. The van der Waals surface area contributed by atoms with Crippen LogP contribution in [0.3, 0.4) is 0 Å². The Balaban J connectivity index is 1.23. The Labute approximate surface area is 212 Å². The van der Waals surface area contributed by atoms with Crippen LogP contribution in [0.5, 0.6) is 5.88 Å². The number of aromatic amines is 1. The number of benzene rings is 1. The minimum absolute atomic E-state index is 0.205. The summed E-state index contributed by atoms with van der Waals surface area (Å²) < 4.78 is 7.00. The first-order valence-corrected chi connectivity index (χ1v) is 11.9. The maximum Gasteiger partial charge on any atom is 0.279 e. The number of carbonyl (C=O) groups is 1. The van der Waals surface area contributed by atoms with Gasteiger partial charge in [-0.3, -0.25) is 14.8 Å². The van der Waals surface area contributed by atoms with Crippen molar-refractivity contribution in [2.45, 2.75) is 19.4 Å². The lowest BCUT2D eigenvalue weighted by molar-refractivity contribution is 0.102. The molecule has 1 aliphatic rings. The maximum absolute atomic E-state index is 13.2. The topological polar surface area (TPSA) is 127 Å². The van der Waals surface area contributed by atoms with Gasteiger partial charge in [-0.2, -0.15) is 10.2 Å². The smallest absolute Gasteiger partial charge is 0.279 e. The highest BCUT2D eigenvalue weighted by molar-refractivity contribution is 6.09. The number of aryl methyl sites for hydroxylation is 1. The minimum atomic E-state index is -0.371. The second-order valence-corrected chi connectivity index (χ2v) is 9.08. The first-order chi connectivity index (χ1) is 18.1. The number of carbonyl (C=O) groups excluding carboxylic acids is 1. The number of pyridine rings is 1. The maximum atomic E-state index is 13.2. The Hall–Kier alpha value is -4.64. The summed E-state index contributed by atoms with van der Waals surface area (Å²) in [6.45, 7) is 4.46. The predicted octanol–water partition coefficient (Wildman–Crippen LogP) is 3.10. The van der Waals surface area contributed by atoms with E-state index in [-0.39, 0.29) is 17.5 Å². The number of nitrogens with one attached hydrogen (secondary N) is 2. The molecule has 0 atom stereocenters. The molecule has 1 aromatic carbocycles. The summed E-state index contributed by atoms with van der Waals surface area (Å²) in [6.07, 6.45) is 2.98. The number of anilines is 1. The van der Waals surface area contributed by atoms with Crippen LogP contribution in [0.15, 0.2) is 61.1 Å². The fourth-order valence-electron chi connectivity index (χ4n) is 4.45. The standard InChI is InChI=1S/C26H25N9O2/c1-16-6-8-19(9-7-16)35-22(30-26(36)25-24-21(31-32-25)11-27-15-28-24)10-20(33-35)17-12-34(13-17)14-18-4-3-5-23(29-18)37-2/h3-11,15,17H,12-14H2,1-2H3,(H,30,36)(H,31,32). The first kappa shape index (κ1) is 22.8. The van der Waals surface area contributed by atoms with E-state index in [0.29, 0.717) is 22.7 Å². The van der Waals surface area contributed by atoms with Crippen molar-refractivity contribution < 1.29 is 9.53 Å². The second-order valence-electron chi connectivity index (χ2n) is 9.08. The molecule has 0 radical (unpaired) electrons. The summed E-state index contributed by atoms with van der Waals surface area (Å²) in [7, 11) is 1.62. The third kappa shape index (κ3) is 4.52. The van der Waals surface area contributed by atoms with Gasteiger partial charge in [0, 0.05) is 37.7 Å². The van der Waals surface area contributed by atoms with Crippen molar-refractivity contribution in [1.29, 1.82) is 0 Å². The summed E-state index contributed by atoms with van der Waals surface area (Å²) in [4.78, 5) is 28.2. The van der Waals surface area contributed by atoms with Gasteiger partial charge in [-0.1, -0.05) is 23.8 Å². The first-order valence-electron chi connectivity index (χ1n) is 11.9. The monoisotopic (exact) mass is 495 g/mol. The molecule has 186 valence electrons. The van der Waals surface area contributed by atoms with Crippen molar-refractivity contribution in [3.63, 3.8) is 0 Å². The van der Waals surface area contributed by atoms with Gasteiger partial charge >= 0.3 is 0 Å². The normalized spacial score (nSPS) is 14.0. The zero-order chi connectivity index (χ0) is 25.4. The molecule has 1 saturated heterocycles. The quantitative estimate of drug-likeness (QED) is 0.353. The van der Waals surface area contributed by atoms with Crippen LogP contribution in [-0.2, 0) is 6.54 Å². The van der Waals surface area contributed by atoms with E-state index in [0.717, 1.165) is 42.3 Å². The van der Waals surface area contributed by atoms with Crippen LogP contribution in [0.4, 0.5) is 5.82 Å². The predicted molar refractivity (Wildman–Crippen MR) is 137 cm³/mol. The third-order valence-corrected chi connectivity index (χ3v) is 6.44. The van der Waals surface area contributed by atoms with Crippen LogP contribution in [0.25, 0.3) is 16.7 Å². The van der Waals surface area contributed by atoms with Crippen LogP contribution in [0, 0.1) is 6.92 Å². The molecular formula is C26H25N9O2. The molecule has 11 heteroatoms. The number of hydrogen-bond acceptors (Lipinski definition) is 8. The van der Waals surface area contributed by atoms with Gasteiger partial charge in [0.25, 0.3) is 5.91 Å². The molecule has 1 fully saturated rings. The van der Waals surface area contributed by atoms with Gasteiger partial charge in [0.2, 0.25) is 5.88 Å². The summed E-state index contributed by atoms with van der Waals surface area (Å²) in [5.41, 5.74) is 5.15. The molecule has 6 rings (SSSR count). The van der Waals surface area contributed by atoms with E-state index < -0.39 is 0 Å². The number of nitrogens with zero attached hydrogens (tertiary/aromatic N) is 7. The van der Waals surface area contributed by atoms with Gasteiger partial charge in [0.15, 0.2) is 5.69 Å². The lowest BCUT2D eigenvalue weighted by Gasteiger charge is -2.38. The van der Waals surface area contributed by atoms with Gasteiger partial charge in [0.05, 0.1) is 30.4 Å². The van der Waals surface area contributed by atoms with E-state index in [2.05, 4.69) is 35.4 Å². The van der Waals surface area contributed by atoms with Crippen LogP contribution in [0.2, 0.25) is 0 Å². The van der Waals surface area contributed by atoms with Crippen LogP contribution in [-0.4, -0.2) is 65.9 Å². The Morgan fingerprint density at radius 3 is 2.84 bits per heavy atom. The van der Waals surface area contributed by atoms with E-state index in [1.54, 1.807) is 18.0 Å². The number of likely N-dealkylation sites (tertiary alicyclic amines) is 1. The fourth-order valence-corrected chi connectivity index (χ4v) is 4.45. The molecule has 5 heterocycles. The number of ether oxygens (including phenoxy) is 1. The highest BCUT2D eigenvalue weighted by atomic mass is 16.5. The van der Waals surface area contributed by atoms with Crippen LogP contribution < -0.4 is 10.1 Å². The third-order valence-electron chi connectivity index (χ3n) is 6.44. The zero-order valence-corrected chi connectivity index (χ0v) is 20.4. The van der Waals surface area contributed by atoms with Crippen LogP contribution >= 0.6 is 0 Å². The van der Waals surface area contributed by atoms with Gasteiger partial charge < -0.3 is 10.1 Å². The number of aromatic nitrogens is 7. The van der Waals surface area contributed by atoms with E-state index in [9.17, 15) is 4.79 Å². The van der Waals surface area contributed by atoms with Gasteiger partial charge in [-0.05, 0) is 25.1 Å².